The van der Waals surface area contributed by atoms with Crippen molar-refractivity contribution in [3.63, 3.8) is 0 Å². The largest absolute Gasteiger partial charge is 0.481 e. The molecule has 2 rings (SSSR count). The Hall–Kier alpha value is -2.36. The maximum absolute atomic E-state index is 10.9. The maximum Gasteiger partial charge on any atom is 0.337 e. The maximum atomic E-state index is 10.9. The van der Waals surface area contributed by atoms with Gasteiger partial charge >= 0.3 is 5.97 Å². The molecule has 0 atom stereocenters. The average molecular weight is 243 g/mol. The van der Waals surface area contributed by atoms with Gasteiger partial charge in [-0.2, -0.15) is 0 Å². The fourth-order valence-corrected chi connectivity index (χ4v) is 1.74. The summed E-state index contributed by atoms with van der Waals surface area (Å²) in [6.07, 6.45) is 1.90. The van der Waals surface area contributed by atoms with Gasteiger partial charge in [-0.15, -0.1) is 0 Å². The lowest BCUT2D eigenvalue weighted by Crippen LogP contribution is -2.02. The topological polar surface area (TPSA) is 59.4 Å². The highest BCUT2D eigenvalue weighted by atomic mass is 16.5. The molecule has 92 valence electrons. The van der Waals surface area contributed by atoms with Crippen LogP contribution in [0.3, 0.4) is 0 Å². The van der Waals surface area contributed by atoms with Crippen molar-refractivity contribution < 1.29 is 14.6 Å². The third-order valence-corrected chi connectivity index (χ3v) is 2.60. The number of carboxylic acids is 1. The van der Waals surface area contributed by atoms with E-state index in [1.165, 1.54) is 13.3 Å². The van der Waals surface area contributed by atoms with Crippen LogP contribution in [-0.2, 0) is 6.42 Å². The van der Waals surface area contributed by atoms with E-state index in [0.717, 1.165) is 11.1 Å². The van der Waals surface area contributed by atoms with Crippen LogP contribution in [-0.4, -0.2) is 23.2 Å². The predicted molar refractivity (Wildman–Crippen MR) is 67.0 cm³/mol. The van der Waals surface area contributed by atoms with Crippen LogP contribution in [0.5, 0.6) is 5.88 Å². The molecule has 4 nitrogen and oxygen atoms in total. The number of carbonyl (C=O) groups is 1. The Bertz CT molecular complexity index is 552. The third kappa shape index (κ3) is 2.66. The van der Waals surface area contributed by atoms with E-state index in [1.807, 2.05) is 30.3 Å². The minimum Gasteiger partial charge on any atom is -0.481 e. The van der Waals surface area contributed by atoms with Crippen molar-refractivity contribution in [1.29, 1.82) is 0 Å². The van der Waals surface area contributed by atoms with Gasteiger partial charge in [0.25, 0.3) is 0 Å². The highest BCUT2D eigenvalue weighted by molar-refractivity contribution is 5.87. The number of methoxy groups -OCH3 is 1. The molecule has 18 heavy (non-hydrogen) atoms. The highest BCUT2D eigenvalue weighted by Gasteiger charge is 2.10. The second-order valence-corrected chi connectivity index (χ2v) is 3.86. The number of benzene rings is 1. The van der Waals surface area contributed by atoms with Crippen molar-refractivity contribution in [3.05, 3.63) is 59.3 Å². The van der Waals surface area contributed by atoms with Crippen LogP contribution in [0.1, 0.15) is 21.5 Å². The summed E-state index contributed by atoms with van der Waals surface area (Å²) in [5, 5.41) is 8.96. The number of ether oxygens (including phenoxy) is 1. The van der Waals surface area contributed by atoms with E-state index in [4.69, 9.17) is 9.84 Å². The molecule has 0 unspecified atom stereocenters. The molecular weight excluding hydrogens is 230 g/mol. The van der Waals surface area contributed by atoms with Gasteiger partial charge in [0.15, 0.2) is 0 Å². The van der Waals surface area contributed by atoms with Crippen LogP contribution < -0.4 is 4.74 Å². The first kappa shape index (κ1) is 12.1. The first-order valence-electron chi connectivity index (χ1n) is 5.51. The fourth-order valence-electron chi connectivity index (χ4n) is 1.74. The van der Waals surface area contributed by atoms with Gasteiger partial charge in [-0.3, -0.25) is 0 Å². The van der Waals surface area contributed by atoms with Crippen molar-refractivity contribution in [2.45, 2.75) is 6.42 Å². The number of aromatic nitrogens is 1. The Balaban J connectivity index is 2.35. The molecule has 1 N–H and O–H groups in total. The fraction of sp³-hybridized carbons (Fsp3) is 0.143. The molecule has 0 fully saturated rings. The normalized spacial score (nSPS) is 10.1. The van der Waals surface area contributed by atoms with Gasteiger partial charge in [0, 0.05) is 18.2 Å². The van der Waals surface area contributed by atoms with E-state index >= 15 is 0 Å². The van der Waals surface area contributed by atoms with E-state index in [0.29, 0.717) is 12.3 Å². The van der Waals surface area contributed by atoms with Gasteiger partial charge in [0.05, 0.1) is 12.7 Å². The van der Waals surface area contributed by atoms with Gasteiger partial charge in [0.2, 0.25) is 5.88 Å². The Morgan fingerprint density at radius 1 is 1.33 bits per heavy atom. The molecule has 0 aliphatic heterocycles. The number of aromatic carboxylic acids is 1. The lowest BCUT2D eigenvalue weighted by atomic mass is 10.0. The smallest absolute Gasteiger partial charge is 0.337 e. The highest BCUT2D eigenvalue weighted by Crippen LogP contribution is 2.20. The van der Waals surface area contributed by atoms with E-state index in [2.05, 4.69) is 4.98 Å². The molecule has 0 amide bonds. The molecule has 1 aromatic heterocycles. The minimum atomic E-state index is -0.987. The quantitative estimate of drug-likeness (QED) is 0.895. The predicted octanol–water partition coefficient (Wildman–Crippen LogP) is 2.38. The van der Waals surface area contributed by atoms with E-state index in [9.17, 15) is 4.79 Å². The SMILES string of the molecule is COc1ncc(C(=O)O)cc1Cc1ccccc1. The van der Waals surface area contributed by atoms with Crippen LogP contribution in [0.15, 0.2) is 42.6 Å². The zero-order valence-corrected chi connectivity index (χ0v) is 9.96. The lowest BCUT2D eigenvalue weighted by Gasteiger charge is -2.08. The Kier molecular flexibility index (Phi) is 3.57. The van der Waals surface area contributed by atoms with Crippen molar-refractivity contribution in [2.24, 2.45) is 0 Å². The van der Waals surface area contributed by atoms with Gasteiger partial charge in [0.1, 0.15) is 0 Å². The number of hydrogen-bond donors (Lipinski definition) is 1. The molecule has 0 saturated heterocycles. The number of carboxylic acid groups (broad SMARTS) is 1. The molecule has 0 spiro atoms. The second kappa shape index (κ2) is 5.31. The monoisotopic (exact) mass is 243 g/mol. The van der Waals surface area contributed by atoms with Crippen LogP contribution in [0.2, 0.25) is 0 Å². The van der Waals surface area contributed by atoms with Crippen LogP contribution in [0, 0.1) is 0 Å². The molecule has 0 bridgehead atoms. The van der Waals surface area contributed by atoms with Crippen LogP contribution in [0.25, 0.3) is 0 Å². The zero-order valence-electron chi connectivity index (χ0n) is 9.96. The summed E-state index contributed by atoms with van der Waals surface area (Å²) in [6, 6.07) is 11.4. The molecule has 0 radical (unpaired) electrons. The van der Waals surface area contributed by atoms with Crippen LogP contribution in [0.4, 0.5) is 0 Å². The van der Waals surface area contributed by atoms with Gasteiger partial charge in [-0.25, -0.2) is 9.78 Å². The average Bonchev–Trinajstić information content (AvgIpc) is 2.39. The summed E-state index contributed by atoms with van der Waals surface area (Å²) in [4.78, 5) is 14.9. The number of pyridine rings is 1. The van der Waals surface area contributed by atoms with Crippen LogP contribution >= 0.6 is 0 Å². The molecule has 1 heterocycles. The molecule has 1 aromatic carbocycles. The van der Waals surface area contributed by atoms with Gasteiger partial charge in [-0.1, -0.05) is 30.3 Å². The molecule has 4 heteroatoms. The minimum absolute atomic E-state index is 0.168. The van der Waals surface area contributed by atoms with Gasteiger partial charge in [-0.05, 0) is 11.6 Å². The first-order valence-corrected chi connectivity index (χ1v) is 5.51. The summed E-state index contributed by atoms with van der Waals surface area (Å²) in [6.45, 7) is 0. The van der Waals surface area contributed by atoms with Gasteiger partial charge < -0.3 is 9.84 Å². The van der Waals surface area contributed by atoms with Crippen molar-refractivity contribution in [3.8, 4) is 5.88 Å². The van der Waals surface area contributed by atoms with E-state index in [-0.39, 0.29) is 5.56 Å². The Labute approximate surface area is 105 Å². The number of hydrogen-bond acceptors (Lipinski definition) is 3. The van der Waals surface area contributed by atoms with Crippen molar-refractivity contribution in [2.75, 3.05) is 7.11 Å². The third-order valence-electron chi connectivity index (χ3n) is 2.60. The Morgan fingerprint density at radius 3 is 2.67 bits per heavy atom. The van der Waals surface area contributed by atoms with Crippen molar-refractivity contribution >= 4 is 5.97 Å². The first-order chi connectivity index (χ1) is 8.70. The summed E-state index contributed by atoms with van der Waals surface area (Å²) in [7, 11) is 1.53. The number of nitrogens with zero attached hydrogens (tertiary/aromatic N) is 1. The molecule has 0 saturated carbocycles. The molecular formula is C14H13NO3. The summed E-state index contributed by atoms with van der Waals surface area (Å²) >= 11 is 0. The summed E-state index contributed by atoms with van der Waals surface area (Å²) < 4.78 is 5.15. The van der Waals surface area contributed by atoms with E-state index in [1.54, 1.807) is 6.07 Å². The standard InChI is InChI=1S/C14H13NO3/c1-18-13-11(7-10-5-3-2-4-6-10)8-12(9-15-13)14(16)17/h2-6,8-9H,7H2,1H3,(H,16,17). The van der Waals surface area contributed by atoms with Crippen molar-refractivity contribution in [1.82, 2.24) is 4.98 Å². The lowest BCUT2D eigenvalue weighted by molar-refractivity contribution is 0.0696. The molecule has 0 aliphatic rings. The zero-order chi connectivity index (χ0) is 13.0. The van der Waals surface area contributed by atoms with E-state index < -0.39 is 5.97 Å². The molecule has 0 aliphatic carbocycles. The summed E-state index contributed by atoms with van der Waals surface area (Å²) in [5.74, 6) is -0.525. The number of rotatable bonds is 4. The molecule has 2 aromatic rings. The second-order valence-electron chi connectivity index (χ2n) is 3.86. The summed E-state index contributed by atoms with van der Waals surface area (Å²) in [5.41, 5.74) is 2.02. The Morgan fingerprint density at radius 2 is 2.06 bits per heavy atom.